The third-order valence-corrected chi connectivity index (χ3v) is 5.46. The number of carbonyl (C=O) groups excluding carboxylic acids is 1. The minimum atomic E-state index is -0.293. The summed E-state index contributed by atoms with van der Waals surface area (Å²) in [6.07, 6.45) is 2.44. The Labute approximate surface area is 175 Å². The molecule has 30 heavy (non-hydrogen) atoms. The lowest BCUT2D eigenvalue weighted by Gasteiger charge is -2.13. The highest BCUT2D eigenvalue weighted by molar-refractivity contribution is 6.09. The minimum absolute atomic E-state index is 0.268. The Bertz CT molecular complexity index is 1130. The van der Waals surface area contributed by atoms with E-state index < -0.39 is 0 Å². The molecule has 0 unspecified atom stereocenters. The average Bonchev–Trinajstić information content (AvgIpc) is 3.08. The third kappa shape index (κ3) is 3.99. The first-order valence-electron chi connectivity index (χ1n) is 10.0. The highest BCUT2D eigenvalue weighted by Crippen LogP contribution is 2.30. The van der Waals surface area contributed by atoms with E-state index in [0.29, 0.717) is 11.4 Å². The first kappa shape index (κ1) is 19.9. The molecular formula is C24H24FN3O2. The van der Waals surface area contributed by atoms with Crippen LogP contribution in [0.25, 0.3) is 0 Å². The summed E-state index contributed by atoms with van der Waals surface area (Å²) in [6.45, 7) is 5.93. The molecule has 1 heterocycles. The molecular weight excluding hydrogens is 381 g/mol. The zero-order valence-corrected chi connectivity index (χ0v) is 17.3. The van der Waals surface area contributed by atoms with Gasteiger partial charge in [-0.25, -0.2) is 4.39 Å². The fourth-order valence-corrected chi connectivity index (χ4v) is 3.66. The van der Waals surface area contributed by atoms with Crippen molar-refractivity contribution in [2.24, 2.45) is 5.10 Å². The highest BCUT2D eigenvalue weighted by atomic mass is 19.1. The minimum Gasteiger partial charge on any atom is -0.455 e. The van der Waals surface area contributed by atoms with Gasteiger partial charge in [-0.3, -0.25) is 10.2 Å². The molecule has 3 aromatic rings. The lowest BCUT2D eigenvalue weighted by atomic mass is 9.93. The highest BCUT2D eigenvalue weighted by Gasteiger charge is 2.28. The Kier molecular flexibility index (Phi) is 5.40. The number of nitrogens with zero attached hydrogens (tertiary/aromatic N) is 1. The molecule has 0 aliphatic heterocycles. The third-order valence-electron chi connectivity index (χ3n) is 5.46. The number of hydrazone groups is 1. The molecule has 154 valence electrons. The van der Waals surface area contributed by atoms with Crippen LogP contribution in [-0.2, 0) is 6.42 Å². The van der Waals surface area contributed by atoms with Crippen LogP contribution >= 0.6 is 0 Å². The van der Waals surface area contributed by atoms with Gasteiger partial charge in [0.05, 0.1) is 11.4 Å². The van der Waals surface area contributed by atoms with Crippen molar-refractivity contribution in [3.8, 4) is 0 Å². The van der Waals surface area contributed by atoms with Gasteiger partial charge in [0.2, 0.25) is 0 Å². The van der Waals surface area contributed by atoms with Gasteiger partial charge >= 0.3 is 0 Å². The van der Waals surface area contributed by atoms with Gasteiger partial charge in [-0.2, -0.15) is 5.10 Å². The summed E-state index contributed by atoms with van der Waals surface area (Å²) in [6, 6.07) is 11.8. The second-order valence-corrected chi connectivity index (χ2v) is 7.64. The van der Waals surface area contributed by atoms with E-state index in [2.05, 4.69) is 15.8 Å². The van der Waals surface area contributed by atoms with E-state index in [1.807, 2.05) is 39.0 Å². The first-order valence-corrected chi connectivity index (χ1v) is 10.0. The standard InChI is InChI=1S/C24H24FN3O2/c1-14-7-10-19(13-15(14)2)26-24(29)23-16(3)22-20(5-4-6-21(22)30-23)28-27-18-11-8-17(25)9-12-18/h7-13,27H,4-6H2,1-3H3,(H,26,29)/b28-20+. The van der Waals surface area contributed by atoms with Crippen molar-refractivity contribution >= 4 is 23.0 Å². The van der Waals surface area contributed by atoms with Gasteiger partial charge in [-0.15, -0.1) is 0 Å². The molecule has 2 aromatic carbocycles. The van der Waals surface area contributed by atoms with Crippen molar-refractivity contribution in [1.29, 1.82) is 0 Å². The smallest absolute Gasteiger partial charge is 0.291 e. The normalized spacial score (nSPS) is 14.5. The predicted octanol–water partition coefficient (Wildman–Crippen LogP) is 5.75. The van der Waals surface area contributed by atoms with Gasteiger partial charge in [-0.1, -0.05) is 6.07 Å². The Balaban J connectivity index is 1.59. The molecule has 0 radical (unpaired) electrons. The van der Waals surface area contributed by atoms with Crippen LogP contribution in [0, 0.1) is 26.6 Å². The number of hydrogen-bond acceptors (Lipinski definition) is 4. The molecule has 1 aromatic heterocycles. The summed E-state index contributed by atoms with van der Waals surface area (Å²) in [5.41, 5.74) is 9.22. The Morgan fingerprint density at radius 3 is 2.47 bits per heavy atom. The van der Waals surface area contributed by atoms with Crippen molar-refractivity contribution < 1.29 is 13.6 Å². The topological polar surface area (TPSA) is 66.6 Å². The monoisotopic (exact) mass is 405 g/mol. The van der Waals surface area contributed by atoms with Crippen molar-refractivity contribution in [3.63, 3.8) is 0 Å². The fourth-order valence-electron chi connectivity index (χ4n) is 3.66. The fraction of sp³-hybridized carbons (Fsp3) is 0.250. The van der Waals surface area contributed by atoms with Gasteiger partial charge in [0.1, 0.15) is 11.6 Å². The summed E-state index contributed by atoms with van der Waals surface area (Å²) >= 11 is 0. The summed E-state index contributed by atoms with van der Waals surface area (Å²) in [5.74, 6) is 0.535. The number of benzene rings is 2. The molecule has 4 rings (SSSR count). The molecule has 0 saturated carbocycles. The first-order chi connectivity index (χ1) is 14.4. The van der Waals surface area contributed by atoms with E-state index >= 15 is 0 Å². The number of halogens is 1. The molecule has 0 spiro atoms. The Morgan fingerprint density at radius 1 is 1.00 bits per heavy atom. The number of fused-ring (bicyclic) bond motifs is 1. The number of anilines is 2. The van der Waals surface area contributed by atoms with Crippen molar-refractivity contribution in [3.05, 3.63) is 82.1 Å². The largest absolute Gasteiger partial charge is 0.455 e. The van der Waals surface area contributed by atoms with Gasteiger partial charge in [0.25, 0.3) is 5.91 Å². The van der Waals surface area contributed by atoms with Crippen LogP contribution in [0.1, 0.15) is 51.4 Å². The average molecular weight is 405 g/mol. The van der Waals surface area contributed by atoms with Crippen LogP contribution in [0.4, 0.5) is 15.8 Å². The Morgan fingerprint density at radius 2 is 1.73 bits per heavy atom. The molecule has 5 nitrogen and oxygen atoms in total. The molecule has 0 atom stereocenters. The number of aryl methyl sites for hydroxylation is 3. The molecule has 1 aliphatic carbocycles. The number of hydrogen-bond donors (Lipinski definition) is 2. The van der Waals surface area contributed by atoms with Crippen molar-refractivity contribution in [2.75, 3.05) is 10.7 Å². The summed E-state index contributed by atoms with van der Waals surface area (Å²) in [5, 5.41) is 7.45. The van der Waals surface area contributed by atoms with Crippen molar-refractivity contribution in [1.82, 2.24) is 0 Å². The molecule has 0 fully saturated rings. The number of nitrogens with one attached hydrogen (secondary N) is 2. The zero-order chi connectivity index (χ0) is 21.3. The molecule has 2 N–H and O–H groups in total. The molecule has 1 aliphatic rings. The number of furan rings is 1. The number of rotatable bonds is 4. The van der Waals surface area contributed by atoms with Gasteiger partial charge in [-0.05, 0) is 81.1 Å². The molecule has 0 saturated heterocycles. The lowest BCUT2D eigenvalue weighted by Crippen LogP contribution is -2.14. The maximum absolute atomic E-state index is 13.1. The maximum atomic E-state index is 13.1. The number of carbonyl (C=O) groups is 1. The molecule has 0 bridgehead atoms. The van der Waals surface area contributed by atoms with Crippen LogP contribution in [0.5, 0.6) is 0 Å². The van der Waals surface area contributed by atoms with Crippen LogP contribution in [-0.4, -0.2) is 11.6 Å². The summed E-state index contributed by atoms with van der Waals surface area (Å²) in [7, 11) is 0. The van der Waals surface area contributed by atoms with Crippen LogP contribution in [0.3, 0.4) is 0 Å². The quantitative estimate of drug-likeness (QED) is 0.543. The van der Waals surface area contributed by atoms with E-state index in [-0.39, 0.29) is 11.7 Å². The van der Waals surface area contributed by atoms with E-state index in [0.717, 1.165) is 53.1 Å². The molecule has 1 amide bonds. The van der Waals surface area contributed by atoms with E-state index in [9.17, 15) is 9.18 Å². The summed E-state index contributed by atoms with van der Waals surface area (Å²) in [4.78, 5) is 12.9. The van der Waals surface area contributed by atoms with Crippen LogP contribution in [0.2, 0.25) is 0 Å². The van der Waals surface area contributed by atoms with Gasteiger partial charge in [0, 0.05) is 23.2 Å². The number of amides is 1. The second kappa shape index (κ2) is 8.14. The van der Waals surface area contributed by atoms with E-state index in [1.165, 1.54) is 17.7 Å². The maximum Gasteiger partial charge on any atom is 0.291 e. The lowest BCUT2D eigenvalue weighted by molar-refractivity contribution is 0.0994. The predicted molar refractivity (Wildman–Crippen MR) is 117 cm³/mol. The SMILES string of the molecule is Cc1ccc(NC(=O)c2oc3c(c2C)/C(=N/Nc2ccc(F)cc2)CCC3)cc1C. The zero-order valence-electron chi connectivity index (χ0n) is 17.3. The van der Waals surface area contributed by atoms with E-state index in [4.69, 9.17) is 4.42 Å². The van der Waals surface area contributed by atoms with Crippen molar-refractivity contribution in [2.45, 2.75) is 40.0 Å². The summed E-state index contributed by atoms with van der Waals surface area (Å²) < 4.78 is 19.0. The van der Waals surface area contributed by atoms with Crippen LogP contribution < -0.4 is 10.7 Å². The Hall–Kier alpha value is -3.41. The second-order valence-electron chi connectivity index (χ2n) is 7.64. The van der Waals surface area contributed by atoms with Gasteiger partial charge < -0.3 is 9.73 Å². The van der Waals surface area contributed by atoms with Crippen LogP contribution in [0.15, 0.2) is 52.0 Å². The molecule has 6 heteroatoms. The van der Waals surface area contributed by atoms with Gasteiger partial charge in [0.15, 0.2) is 5.76 Å². The van der Waals surface area contributed by atoms with E-state index in [1.54, 1.807) is 12.1 Å².